The standard InChI is InChI=1S/C14H15FN4O2/c1-9(13-16-5-6-17-13)19-12(20)8-18-14(21)10-3-2-4-11(15)7-10/h2-7,9H,8H2,1H3,(H,16,17)(H,18,21)(H,19,20). The molecule has 0 fully saturated rings. The normalized spacial score (nSPS) is 11.7. The summed E-state index contributed by atoms with van der Waals surface area (Å²) in [7, 11) is 0. The van der Waals surface area contributed by atoms with Crippen molar-refractivity contribution >= 4 is 11.8 Å². The van der Waals surface area contributed by atoms with E-state index in [-0.39, 0.29) is 24.1 Å². The highest BCUT2D eigenvalue weighted by Gasteiger charge is 2.13. The fourth-order valence-electron chi connectivity index (χ4n) is 1.77. The molecule has 0 aliphatic heterocycles. The Morgan fingerprint density at radius 2 is 2.24 bits per heavy atom. The molecule has 1 aromatic carbocycles. The van der Waals surface area contributed by atoms with E-state index in [0.29, 0.717) is 5.82 Å². The molecule has 2 rings (SSSR count). The number of carbonyl (C=O) groups is 2. The maximum Gasteiger partial charge on any atom is 0.251 e. The van der Waals surface area contributed by atoms with E-state index >= 15 is 0 Å². The molecule has 21 heavy (non-hydrogen) atoms. The minimum atomic E-state index is -0.504. The Labute approximate surface area is 120 Å². The molecule has 110 valence electrons. The number of aromatic amines is 1. The van der Waals surface area contributed by atoms with E-state index in [1.807, 2.05) is 0 Å². The van der Waals surface area contributed by atoms with Crippen molar-refractivity contribution in [2.45, 2.75) is 13.0 Å². The van der Waals surface area contributed by atoms with Crippen molar-refractivity contribution in [3.05, 3.63) is 53.9 Å². The summed E-state index contributed by atoms with van der Waals surface area (Å²) in [6, 6.07) is 4.97. The Balaban J connectivity index is 1.82. The van der Waals surface area contributed by atoms with Gasteiger partial charge in [-0.2, -0.15) is 0 Å². The summed E-state index contributed by atoms with van der Waals surface area (Å²) in [5.74, 6) is -0.739. The van der Waals surface area contributed by atoms with E-state index in [1.54, 1.807) is 19.3 Å². The molecule has 1 unspecified atom stereocenters. The second-order valence-electron chi connectivity index (χ2n) is 4.46. The maximum absolute atomic E-state index is 13.0. The van der Waals surface area contributed by atoms with E-state index in [0.717, 1.165) is 6.07 Å². The van der Waals surface area contributed by atoms with E-state index < -0.39 is 11.7 Å². The van der Waals surface area contributed by atoms with Crippen LogP contribution in [0.2, 0.25) is 0 Å². The lowest BCUT2D eigenvalue weighted by molar-refractivity contribution is -0.120. The molecule has 0 aliphatic carbocycles. The van der Waals surface area contributed by atoms with Crippen LogP contribution in [-0.4, -0.2) is 28.3 Å². The molecule has 3 N–H and O–H groups in total. The van der Waals surface area contributed by atoms with Crippen LogP contribution in [0, 0.1) is 5.82 Å². The SMILES string of the molecule is CC(NC(=O)CNC(=O)c1cccc(F)c1)c1ncc[nH]1. The van der Waals surface area contributed by atoms with Gasteiger partial charge in [0.1, 0.15) is 11.6 Å². The fourth-order valence-corrected chi connectivity index (χ4v) is 1.77. The molecule has 7 heteroatoms. The lowest BCUT2D eigenvalue weighted by atomic mass is 10.2. The summed E-state index contributed by atoms with van der Waals surface area (Å²) in [5, 5.41) is 5.11. The van der Waals surface area contributed by atoms with E-state index in [9.17, 15) is 14.0 Å². The predicted molar refractivity (Wildman–Crippen MR) is 73.9 cm³/mol. The number of H-pyrrole nitrogens is 1. The number of benzene rings is 1. The topological polar surface area (TPSA) is 86.9 Å². The molecule has 0 bridgehead atoms. The van der Waals surface area contributed by atoms with Crippen LogP contribution in [-0.2, 0) is 4.79 Å². The zero-order chi connectivity index (χ0) is 15.2. The second-order valence-corrected chi connectivity index (χ2v) is 4.46. The molecule has 0 saturated heterocycles. The molecule has 1 heterocycles. The van der Waals surface area contributed by atoms with Crippen LogP contribution in [0.5, 0.6) is 0 Å². The van der Waals surface area contributed by atoms with Crippen LogP contribution in [0.1, 0.15) is 29.1 Å². The van der Waals surface area contributed by atoms with Crippen molar-refractivity contribution < 1.29 is 14.0 Å². The average molecular weight is 290 g/mol. The van der Waals surface area contributed by atoms with Crippen LogP contribution in [0.3, 0.4) is 0 Å². The van der Waals surface area contributed by atoms with Crippen molar-refractivity contribution in [3.63, 3.8) is 0 Å². The third kappa shape index (κ3) is 4.13. The maximum atomic E-state index is 13.0. The molecular weight excluding hydrogens is 275 g/mol. The highest BCUT2D eigenvalue weighted by Crippen LogP contribution is 2.05. The highest BCUT2D eigenvalue weighted by atomic mass is 19.1. The van der Waals surface area contributed by atoms with Gasteiger partial charge < -0.3 is 15.6 Å². The van der Waals surface area contributed by atoms with Crippen molar-refractivity contribution in [2.75, 3.05) is 6.54 Å². The van der Waals surface area contributed by atoms with Gasteiger partial charge in [0.15, 0.2) is 0 Å². The van der Waals surface area contributed by atoms with Crippen molar-refractivity contribution in [1.29, 1.82) is 0 Å². The summed E-state index contributed by atoms with van der Waals surface area (Å²) in [5.41, 5.74) is 0.168. The van der Waals surface area contributed by atoms with Gasteiger partial charge in [-0.05, 0) is 25.1 Å². The van der Waals surface area contributed by atoms with Crippen LogP contribution in [0.15, 0.2) is 36.7 Å². The van der Waals surface area contributed by atoms with Gasteiger partial charge in [-0.25, -0.2) is 9.37 Å². The Morgan fingerprint density at radius 3 is 2.90 bits per heavy atom. The third-order valence-electron chi connectivity index (χ3n) is 2.80. The molecule has 0 aliphatic rings. The number of amides is 2. The molecule has 6 nitrogen and oxygen atoms in total. The molecule has 1 aromatic heterocycles. The third-order valence-corrected chi connectivity index (χ3v) is 2.80. The van der Waals surface area contributed by atoms with Crippen molar-refractivity contribution in [3.8, 4) is 0 Å². The number of nitrogens with one attached hydrogen (secondary N) is 3. The first-order valence-electron chi connectivity index (χ1n) is 6.38. The number of hydrogen-bond acceptors (Lipinski definition) is 3. The number of nitrogens with zero attached hydrogens (tertiary/aromatic N) is 1. The van der Waals surface area contributed by atoms with Gasteiger partial charge in [0, 0.05) is 18.0 Å². The van der Waals surface area contributed by atoms with Gasteiger partial charge in [0.2, 0.25) is 5.91 Å². The first-order valence-corrected chi connectivity index (χ1v) is 6.38. The van der Waals surface area contributed by atoms with Gasteiger partial charge in [0.25, 0.3) is 5.91 Å². The Hall–Kier alpha value is -2.70. The summed E-state index contributed by atoms with van der Waals surface area (Å²) < 4.78 is 13.0. The van der Waals surface area contributed by atoms with Crippen LogP contribution >= 0.6 is 0 Å². The summed E-state index contributed by atoms with van der Waals surface area (Å²) in [6.45, 7) is 1.57. The van der Waals surface area contributed by atoms with Crippen LogP contribution in [0.25, 0.3) is 0 Å². The van der Waals surface area contributed by atoms with E-state index in [1.165, 1.54) is 18.2 Å². The lowest BCUT2D eigenvalue weighted by Crippen LogP contribution is -2.38. The minimum absolute atomic E-state index is 0.168. The monoisotopic (exact) mass is 290 g/mol. The minimum Gasteiger partial charge on any atom is -0.347 e. The van der Waals surface area contributed by atoms with Gasteiger partial charge in [-0.1, -0.05) is 6.07 Å². The number of hydrogen-bond donors (Lipinski definition) is 3. The zero-order valence-electron chi connectivity index (χ0n) is 11.4. The molecule has 2 aromatic rings. The number of carbonyl (C=O) groups excluding carboxylic acids is 2. The highest BCUT2D eigenvalue weighted by molar-refractivity contribution is 5.96. The van der Waals surface area contributed by atoms with Gasteiger partial charge >= 0.3 is 0 Å². The van der Waals surface area contributed by atoms with Crippen molar-refractivity contribution in [1.82, 2.24) is 20.6 Å². The zero-order valence-corrected chi connectivity index (χ0v) is 11.4. The van der Waals surface area contributed by atoms with Crippen LogP contribution < -0.4 is 10.6 Å². The Morgan fingerprint density at radius 1 is 1.43 bits per heavy atom. The first kappa shape index (κ1) is 14.7. The van der Waals surface area contributed by atoms with Gasteiger partial charge in [-0.3, -0.25) is 9.59 Å². The number of rotatable bonds is 5. The molecule has 0 saturated carbocycles. The summed E-state index contributed by atoms with van der Waals surface area (Å²) in [6.07, 6.45) is 3.24. The predicted octanol–water partition coefficient (Wildman–Crippen LogP) is 1.16. The lowest BCUT2D eigenvalue weighted by Gasteiger charge is -2.12. The molecule has 1 atom stereocenters. The van der Waals surface area contributed by atoms with Crippen LogP contribution in [0.4, 0.5) is 4.39 Å². The quantitative estimate of drug-likeness (QED) is 0.772. The molecule has 0 radical (unpaired) electrons. The Bertz CT molecular complexity index is 628. The summed E-state index contributed by atoms with van der Waals surface area (Å²) in [4.78, 5) is 30.4. The fraction of sp³-hybridized carbons (Fsp3) is 0.214. The number of halogens is 1. The largest absolute Gasteiger partial charge is 0.347 e. The average Bonchev–Trinajstić information content (AvgIpc) is 2.99. The first-order chi connectivity index (χ1) is 10.1. The molecule has 0 spiro atoms. The second kappa shape index (κ2) is 6.65. The van der Waals surface area contributed by atoms with Gasteiger partial charge in [0.05, 0.1) is 12.6 Å². The smallest absolute Gasteiger partial charge is 0.251 e. The number of aromatic nitrogens is 2. The van der Waals surface area contributed by atoms with E-state index in [4.69, 9.17) is 0 Å². The summed E-state index contributed by atoms with van der Waals surface area (Å²) >= 11 is 0. The molecule has 2 amide bonds. The van der Waals surface area contributed by atoms with Gasteiger partial charge in [-0.15, -0.1) is 0 Å². The van der Waals surface area contributed by atoms with Crippen molar-refractivity contribution in [2.24, 2.45) is 0 Å². The van der Waals surface area contributed by atoms with E-state index in [2.05, 4.69) is 20.6 Å². The number of imidazole rings is 1. The molecular formula is C14H15FN4O2. The Kier molecular flexibility index (Phi) is 4.65.